The van der Waals surface area contributed by atoms with Crippen molar-refractivity contribution in [1.82, 2.24) is 14.4 Å². The number of benzene rings is 1. The predicted molar refractivity (Wildman–Crippen MR) is 85.5 cm³/mol. The topological polar surface area (TPSA) is 80.0 Å². The summed E-state index contributed by atoms with van der Waals surface area (Å²) in [5, 5.41) is 10.7. The van der Waals surface area contributed by atoms with Gasteiger partial charge in [0.15, 0.2) is 11.3 Å². The Labute approximate surface area is 136 Å². The highest BCUT2D eigenvalue weighted by Gasteiger charge is 2.22. The third-order valence-electron chi connectivity index (χ3n) is 3.94. The Bertz CT molecular complexity index is 918. The molecule has 8 heteroatoms. The Morgan fingerprint density at radius 2 is 2.09 bits per heavy atom. The lowest BCUT2D eigenvalue weighted by Crippen LogP contribution is -2.37. The third kappa shape index (κ3) is 2.20. The average molecular weight is 333 g/mol. The van der Waals surface area contributed by atoms with Crippen LogP contribution in [0, 0.1) is 0 Å². The van der Waals surface area contributed by atoms with E-state index in [1.807, 2.05) is 12.1 Å². The molecule has 0 bridgehead atoms. The minimum atomic E-state index is -1.10. The van der Waals surface area contributed by atoms with Gasteiger partial charge in [-0.2, -0.15) is 0 Å². The van der Waals surface area contributed by atoms with Crippen molar-refractivity contribution in [3.63, 3.8) is 0 Å². The second-order valence-electron chi connectivity index (χ2n) is 5.26. The monoisotopic (exact) mass is 332 g/mol. The van der Waals surface area contributed by atoms with E-state index < -0.39 is 5.97 Å². The van der Waals surface area contributed by atoms with E-state index in [-0.39, 0.29) is 5.69 Å². The van der Waals surface area contributed by atoms with E-state index >= 15 is 0 Å². The highest BCUT2D eigenvalue weighted by molar-refractivity contribution is 6.36. The number of ether oxygens (including phenoxy) is 1. The van der Waals surface area contributed by atoms with Gasteiger partial charge in [-0.05, 0) is 12.1 Å². The molecule has 1 aliphatic heterocycles. The maximum atomic E-state index is 11.4. The number of fused-ring (bicyclic) bond motifs is 3. The lowest BCUT2D eigenvalue weighted by atomic mass is 10.2. The molecule has 0 saturated carbocycles. The Morgan fingerprint density at radius 1 is 1.30 bits per heavy atom. The molecule has 4 rings (SSSR count). The summed E-state index contributed by atoms with van der Waals surface area (Å²) in [7, 11) is 0. The molecule has 23 heavy (non-hydrogen) atoms. The number of nitrogens with zero attached hydrogens (tertiary/aromatic N) is 4. The Kier molecular flexibility index (Phi) is 3.32. The first-order valence-corrected chi connectivity index (χ1v) is 7.56. The van der Waals surface area contributed by atoms with Gasteiger partial charge in [0.25, 0.3) is 0 Å². The predicted octanol–water partition coefficient (Wildman–Crippen LogP) is 2.07. The average Bonchev–Trinajstić information content (AvgIpc) is 2.99. The molecule has 3 aromatic rings. The van der Waals surface area contributed by atoms with Crippen molar-refractivity contribution < 1.29 is 14.6 Å². The van der Waals surface area contributed by atoms with Crippen molar-refractivity contribution in [3.05, 3.63) is 35.2 Å². The third-order valence-corrected chi connectivity index (χ3v) is 4.26. The van der Waals surface area contributed by atoms with Crippen LogP contribution in [0.25, 0.3) is 16.6 Å². The first-order valence-electron chi connectivity index (χ1n) is 7.18. The minimum Gasteiger partial charge on any atom is -0.476 e. The SMILES string of the molecule is O=C(O)c1ncn2c1nc(N1CCOCC1)c1c(Cl)cccc12. The number of carbonyl (C=O) groups is 1. The molecule has 1 fully saturated rings. The molecule has 1 aliphatic rings. The van der Waals surface area contributed by atoms with Crippen molar-refractivity contribution in [2.75, 3.05) is 31.2 Å². The number of carboxylic acid groups (broad SMARTS) is 1. The second kappa shape index (κ2) is 5.36. The van der Waals surface area contributed by atoms with Crippen molar-refractivity contribution in [3.8, 4) is 0 Å². The largest absolute Gasteiger partial charge is 0.476 e. The maximum Gasteiger partial charge on any atom is 0.358 e. The number of hydrogen-bond donors (Lipinski definition) is 1. The zero-order chi connectivity index (χ0) is 16.0. The Hall–Kier alpha value is -2.38. The summed E-state index contributed by atoms with van der Waals surface area (Å²) in [4.78, 5) is 22.0. The van der Waals surface area contributed by atoms with Crippen LogP contribution in [0.1, 0.15) is 10.5 Å². The normalized spacial score (nSPS) is 15.4. The molecule has 0 spiro atoms. The van der Waals surface area contributed by atoms with E-state index in [1.54, 1.807) is 10.5 Å². The summed E-state index contributed by atoms with van der Waals surface area (Å²) in [6.07, 6.45) is 1.47. The minimum absolute atomic E-state index is 0.0682. The molecule has 2 aromatic heterocycles. The lowest BCUT2D eigenvalue weighted by Gasteiger charge is -2.29. The fourth-order valence-electron chi connectivity index (χ4n) is 2.87. The highest BCUT2D eigenvalue weighted by atomic mass is 35.5. The van der Waals surface area contributed by atoms with Crippen LogP contribution in [0.5, 0.6) is 0 Å². The molecule has 118 valence electrons. The summed E-state index contributed by atoms with van der Waals surface area (Å²) in [6.45, 7) is 2.56. The number of aromatic carboxylic acids is 1. The number of morpholine rings is 1. The van der Waals surface area contributed by atoms with Gasteiger partial charge < -0.3 is 14.7 Å². The van der Waals surface area contributed by atoms with Gasteiger partial charge in [-0.1, -0.05) is 17.7 Å². The molecule has 0 amide bonds. The molecule has 0 radical (unpaired) electrons. The van der Waals surface area contributed by atoms with Crippen molar-refractivity contribution in [2.24, 2.45) is 0 Å². The van der Waals surface area contributed by atoms with Gasteiger partial charge in [0.2, 0.25) is 0 Å². The number of hydrogen-bond acceptors (Lipinski definition) is 5. The van der Waals surface area contributed by atoms with Crippen LogP contribution in [0.4, 0.5) is 5.82 Å². The van der Waals surface area contributed by atoms with Crippen LogP contribution in [-0.2, 0) is 4.74 Å². The molecular weight excluding hydrogens is 320 g/mol. The van der Waals surface area contributed by atoms with Crippen molar-refractivity contribution >= 4 is 39.9 Å². The van der Waals surface area contributed by atoms with E-state index in [2.05, 4.69) is 14.9 Å². The molecule has 1 saturated heterocycles. The maximum absolute atomic E-state index is 11.4. The molecular formula is C15H13ClN4O3. The molecule has 1 N–H and O–H groups in total. The van der Waals surface area contributed by atoms with Gasteiger partial charge in [0.05, 0.1) is 29.1 Å². The number of aromatic nitrogens is 3. The van der Waals surface area contributed by atoms with Gasteiger partial charge in [-0.3, -0.25) is 4.40 Å². The van der Waals surface area contributed by atoms with Crippen LogP contribution < -0.4 is 4.90 Å². The van der Waals surface area contributed by atoms with Crippen LogP contribution in [0.15, 0.2) is 24.5 Å². The zero-order valence-corrected chi connectivity index (χ0v) is 12.8. The van der Waals surface area contributed by atoms with Gasteiger partial charge in [0.1, 0.15) is 12.1 Å². The quantitative estimate of drug-likeness (QED) is 0.774. The van der Waals surface area contributed by atoms with E-state index in [0.717, 1.165) is 10.9 Å². The van der Waals surface area contributed by atoms with Gasteiger partial charge in [0, 0.05) is 13.1 Å². The van der Waals surface area contributed by atoms with Crippen LogP contribution in [-0.4, -0.2) is 51.7 Å². The van der Waals surface area contributed by atoms with Crippen molar-refractivity contribution in [1.29, 1.82) is 0 Å². The number of anilines is 1. The van der Waals surface area contributed by atoms with E-state index in [1.165, 1.54) is 6.33 Å². The van der Waals surface area contributed by atoms with Gasteiger partial charge >= 0.3 is 5.97 Å². The fourth-order valence-corrected chi connectivity index (χ4v) is 3.13. The van der Waals surface area contributed by atoms with Gasteiger partial charge in [-0.25, -0.2) is 14.8 Å². The van der Waals surface area contributed by atoms with Crippen molar-refractivity contribution in [2.45, 2.75) is 0 Å². The molecule has 3 heterocycles. The Balaban J connectivity index is 2.08. The van der Waals surface area contributed by atoms with Gasteiger partial charge in [-0.15, -0.1) is 0 Å². The molecule has 7 nitrogen and oxygen atoms in total. The first-order chi connectivity index (χ1) is 11.2. The second-order valence-corrected chi connectivity index (χ2v) is 5.67. The van der Waals surface area contributed by atoms with Crippen LogP contribution in [0.2, 0.25) is 5.02 Å². The summed E-state index contributed by atoms with van der Waals surface area (Å²) >= 11 is 6.40. The number of imidazole rings is 1. The highest BCUT2D eigenvalue weighted by Crippen LogP contribution is 2.33. The first kappa shape index (κ1) is 14.2. The zero-order valence-electron chi connectivity index (χ0n) is 12.1. The number of rotatable bonds is 2. The van der Waals surface area contributed by atoms with Crippen LogP contribution in [0.3, 0.4) is 0 Å². The summed E-state index contributed by atoms with van der Waals surface area (Å²) in [5.41, 5.74) is 1.03. The van der Waals surface area contributed by atoms with E-state index in [4.69, 9.17) is 16.3 Å². The molecule has 1 aromatic carbocycles. The fraction of sp³-hybridized carbons (Fsp3) is 0.267. The van der Waals surface area contributed by atoms with E-state index in [9.17, 15) is 9.90 Å². The number of halogens is 1. The summed E-state index contributed by atoms with van der Waals surface area (Å²) < 4.78 is 7.05. The van der Waals surface area contributed by atoms with Crippen LogP contribution >= 0.6 is 11.6 Å². The Morgan fingerprint density at radius 3 is 2.83 bits per heavy atom. The lowest BCUT2D eigenvalue weighted by molar-refractivity contribution is 0.0693. The summed E-state index contributed by atoms with van der Waals surface area (Å²) in [6, 6.07) is 5.51. The molecule has 0 aliphatic carbocycles. The molecule has 0 unspecified atom stereocenters. The standard InChI is InChI=1S/C15H13ClN4O3/c16-9-2-1-3-10-11(9)13(19-4-6-23-7-5-19)18-14-12(15(21)22)17-8-20(10)14/h1-3,8H,4-7H2,(H,21,22). The van der Waals surface area contributed by atoms with E-state index in [0.29, 0.717) is 42.8 Å². The molecule has 0 atom stereocenters. The smallest absolute Gasteiger partial charge is 0.358 e. The summed E-state index contributed by atoms with van der Waals surface area (Å²) in [5.74, 6) is -0.432. The number of carboxylic acids is 1.